The molecule has 1 aliphatic carbocycles. The smallest absolute Gasteiger partial charge is 0.344 e. The summed E-state index contributed by atoms with van der Waals surface area (Å²) in [5, 5.41) is 2.81. The van der Waals surface area contributed by atoms with Crippen LogP contribution >= 0.6 is 0 Å². The fourth-order valence-corrected chi connectivity index (χ4v) is 2.72. The van der Waals surface area contributed by atoms with E-state index in [4.69, 9.17) is 14.2 Å². The molecule has 1 aromatic rings. The second-order valence-corrected chi connectivity index (χ2v) is 6.25. The molecule has 0 aromatic heterocycles. The van der Waals surface area contributed by atoms with Crippen molar-refractivity contribution in [2.75, 3.05) is 20.3 Å². The molecular weight excluding hydrogens is 334 g/mol. The Balaban J connectivity index is 1.64. The zero-order valence-electron chi connectivity index (χ0n) is 15.5. The van der Waals surface area contributed by atoms with E-state index in [0.29, 0.717) is 18.0 Å². The number of allylic oxidation sites excluding steroid dienone is 1. The fraction of sp³-hybridized carbons (Fsp3) is 0.500. The summed E-state index contributed by atoms with van der Waals surface area (Å²) >= 11 is 0. The third-order valence-electron chi connectivity index (χ3n) is 4.22. The van der Waals surface area contributed by atoms with E-state index in [9.17, 15) is 9.59 Å². The maximum atomic E-state index is 12.0. The molecule has 0 fully saturated rings. The summed E-state index contributed by atoms with van der Waals surface area (Å²) in [4.78, 5) is 23.8. The summed E-state index contributed by atoms with van der Waals surface area (Å²) in [6.07, 6.45) is 6.99. The van der Waals surface area contributed by atoms with Gasteiger partial charge in [0.25, 0.3) is 5.91 Å². The summed E-state index contributed by atoms with van der Waals surface area (Å²) in [5.41, 5.74) is 1.40. The van der Waals surface area contributed by atoms with Crippen molar-refractivity contribution in [1.82, 2.24) is 5.32 Å². The molecule has 142 valence electrons. The molecule has 0 saturated carbocycles. The topological polar surface area (TPSA) is 73.9 Å². The minimum atomic E-state index is -0.845. The molecule has 0 unspecified atom stereocenters. The Hall–Kier alpha value is -2.50. The van der Waals surface area contributed by atoms with Crippen molar-refractivity contribution in [3.05, 3.63) is 35.9 Å². The van der Waals surface area contributed by atoms with Gasteiger partial charge in [0.05, 0.1) is 7.11 Å². The third-order valence-corrected chi connectivity index (χ3v) is 4.22. The van der Waals surface area contributed by atoms with Gasteiger partial charge in [-0.2, -0.15) is 0 Å². The molecule has 2 rings (SSSR count). The largest absolute Gasteiger partial charge is 0.497 e. The standard InChI is InChI=1S/C20H27NO5/c1-15(20(23)21-13-12-16-6-4-3-5-7-16)26-19(22)14-25-18-10-8-17(24-2)9-11-18/h6,8-11,15H,3-5,7,12-14H2,1-2H3,(H,21,23)/t15-/m1/s1. The van der Waals surface area contributed by atoms with E-state index < -0.39 is 12.1 Å². The van der Waals surface area contributed by atoms with Crippen LogP contribution in [0.2, 0.25) is 0 Å². The Morgan fingerprint density at radius 3 is 2.54 bits per heavy atom. The number of rotatable bonds is 9. The second-order valence-electron chi connectivity index (χ2n) is 6.25. The SMILES string of the molecule is COc1ccc(OCC(=O)O[C@H](C)C(=O)NCCC2=CCCCC2)cc1. The molecule has 1 N–H and O–H groups in total. The van der Waals surface area contributed by atoms with Crippen LogP contribution in [0.5, 0.6) is 11.5 Å². The fourth-order valence-electron chi connectivity index (χ4n) is 2.72. The average molecular weight is 361 g/mol. The number of benzene rings is 1. The highest BCUT2D eigenvalue weighted by atomic mass is 16.6. The third kappa shape index (κ3) is 6.78. The lowest BCUT2D eigenvalue weighted by molar-refractivity contribution is -0.156. The number of ether oxygens (including phenoxy) is 3. The highest BCUT2D eigenvalue weighted by molar-refractivity contribution is 5.83. The molecule has 0 spiro atoms. The molecule has 0 radical (unpaired) electrons. The maximum Gasteiger partial charge on any atom is 0.344 e. The molecule has 0 bridgehead atoms. The van der Waals surface area contributed by atoms with Crippen molar-refractivity contribution >= 4 is 11.9 Å². The maximum absolute atomic E-state index is 12.0. The predicted molar refractivity (Wildman–Crippen MR) is 98.2 cm³/mol. The van der Waals surface area contributed by atoms with Crippen molar-refractivity contribution in [3.8, 4) is 11.5 Å². The van der Waals surface area contributed by atoms with Crippen molar-refractivity contribution in [3.63, 3.8) is 0 Å². The van der Waals surface area contributed by atoms with E-state index in [1.54, 1.807) is 38.3 Å². The first-order valence-electron chi connectivity index (χ1n) is 9.00. The molecule has 0 heterocycles. The van der Waals surface area contributed by atoms with Crippen LogP contribution in [0.4, 0.5) is 0 Å². The summed E-state index contributed by atoms with van der Waals surface area (Å²) in [6.45, 7) is 1.87. The summed E-state index contributed by atoms with van der Waals surface area (Å²) in [6, 6.07) is 6.86. The first kappa shape index (κ1) is 19.8. The van der Waals surface area contributed by atoms with Crippen LogP contribution in [0.25, 0.3) is 0 Å². The lowest BCUT2D eigenvalue weighted by Gasteiger charge is -2.16. The van der Waals surface area contributed by atoms with Gasteiger partial charge in [0, 0.05) is 6.54 Å². The number of hydrogen-bond donors (Lipinski definition) is 1. The van der Waals surface area contributed by atoms with Crippen molar-refractivity contribution < 1.29 is 23.8 Å². The van der Waals surface area contributed by atoms with Crippen molar-refractivity contribution in [2.24, 2.45) is 0 Å². The van der Waals surface area contributed by atoms with Gasteiger partial charge in [-0.25, -0.2) is 4.79 Å². The van der Waals surface area contributed by atoms with Crippen LogP contribution in [0, 0.1) is 0 Å². The number of carbonyl (C=O) groups excluding carboxylic acids is 2. The highest BCUT2D eigenvalue weighted by Crippen LogP contribution is 2.19. The summed E-state index contributed by atoms with van der Waals surface area (Å²) in [5.74, 6) is 0.354. The average Bonchev–Trinajstić information content (AvgIpc) is 2.67. The molecule has 0 aliphatic heterocycles. The minimum absolute atomic E-state index is 0.253. The molecule has 6 heteroatoms. The van der Waals surface area contributed by atoms with Gasteiger partial charge < -0.3 is 19.5 Å². The van der Waals surface area contributed by atoms with Crippen molar-refractivity contribution in [1.29, 1.82) is 0 Å². The van der Waals surface area contributed by atoms with Gasteiger partial charge in [-0.05, 0) is 63.3 Å². The molecular formula is C20H27NO5. The molecule has 0 saturated heterocycles. The highest BCUT2D eigenvalue weighted by Gasteiger charge is 2.18. The molecule has 1 amide bonds. The van der Waals surface area contributed by atoms with E-state index in [2.05, 4.69) is 11.4 Å². The zero-order valence-corrected chi connectivity index (χ0v) is 15.5. The van der Waals surface area contributed by atoms with Crippen LogP contribution in [0.15, 0.2) is 35.9 Å². The lowest BCUT2D eigenvalue weighted by atomic mass is 9.97. The Morgan fingerprint density at radius 1 is 1.15 bits per heavy atom. The van der Waals surface area contributed by atoms with Gasteiger partial charge in [-0.15, -0.1) is 0 Å². The first-order chi connectivity index (χ1) is 12.6. The van der Waals surface area contributed by atoms with Gasteiger partial charge in [-0.3, -0.25) is 4.79 Å². The van der Waals surface area contributed by atoms with E-state index in [0.717, 1.165) is 19.3 Å². The number of carbonyl (C=O) groups is 2. The Kier molecular flexibility index (Phi) is 7.99. The van der Waals surface area contributed by atoms with Crippen LogP contribution in [-0.2, 0) is 14.3 Å². The lowest BCUT2D eigenvalue weighted by Crippen LogP contribution is -2.37. The van der Waals surface area contributed by atoms with E-state index in [-0.39, 0.29) is 12.5 Å². The summed E-state index contributed by atoms with van der Waals surface area (Å²) < 4.78 is 15.5. The van der Waals surface area contributed by atoms with Crippen LogP contribution < -0.4 is 14.8 Å². The monoisotopic (exact) mass is 361 g/mol. The van der Waals surface area contributed by atoms with Crippen LogP contribution in [-0.4, -0.2) is 38.2 Å². The number of nitrogens with one attached hydrogen (secondary N) is 1. The number of methoxy groups -OCH3 is 1. The number of hydrogen-bond acceptors (Lipinski definition) is 5. The Bertz CT molecular complexity index is 624. The summed E-state index contributed by atoms with van der Waals surface area (Å²) in [7, 11) is 1.58. The van der Waals surface area contributed by atoms with Gasteiger partial charge in [0.15, 0.2) is 12.7 Å². The van der Waals surface area contributed by atoms with Crippen LogP contribution in [0.1, 0.15) is 39.0 Å². The molecule has 1 atom stereocenters. The van der Waals surface area contributed by atoms with Crippen molar-refractivity contribution in [2.45, 2.75) is 45.1 Å². The number of amides is 1. The van der Waals surface area contributed by atoms with Crippen LogP contribution in [0.3, 0.4) is 0 Å². The normalized spacial score (nSPS) is 14.8. The van der Waals surface area contributed by atoms with E-state index in [1.165, 1.54) is 18.4 Å². The molecule has 26 heavy (non-hydrogen) atoms. The van der Waals surface area contributed by atoms with Gasteiger partial charge in [0.1, 0.15) is 11.5 Å². The predicted octanol–water partition coefficient (Wildman–Crippen LogP) is 3.01. The molecule has 1 aliphatic rings. The quantitative estimate of drug-likeness (QED) is 0.541. The van der Waals surface area contributed by atoms with Gasteiger partial charge >= 0.3 is 5.97 Å². The second kappa shape index (κ2) is 10.5. The molecule has 6 nitrogen and oxygen atoms in total. The molecule has 1 aromatic carbocycles. The Morgan fingerprint density at radius 2 is 1.88 bits per heavy atom. The van der Waals surface area contributed by atoms with Gasteiger partial charge in [0.2, 0.25) is 0 Å². The van der Waals surface area contributed by atoms with Gasteiger partial charge in [-0.1, -0.05) is 11.6 Å². The van der Waals surface area contributed by atoms with E-state index >= 15 is 0 Å². The van der Waals surface area contributed by atoms with E-state index in [1.807, 2.05) is 0 Å². The first-order valence-corrected chi connectivity index (χ1v) is 9.00. The number of esters is 1. The Labute approximate surface area is 154 Å². The minimum Gasteiger partial charge on any atom is -0.497 e. The zero-order chi connectivity index (χ0) is 18.8.